The molecule has 0 radical (unpaired) electrons. The van der Waals surface area contributed by atoms with E-state index in [1.807, 2.05) is 20.8 Å². The quantitative estimate of drug-likeness (QED) is 0.484. The number of carbonyl (C=O) groups is 2. The molecule has 0 aromatic carbocycles. The van der Waals surface area contributed by atoms with E-state index in [-0.39, 0.29) is 24.4 Å². The molecule has 0 aromatic rings. The van der Waals surface area contributed by atoms with Crippen LogP contribution in [0.3, 0.4) is 0 Å². The number of hydrogen-bond donors (Lipinski definition) is 2. The topological polar surface area (TPSA) is 92.3 Å². The predicted molar refractivity (Wildman–Crippen MR) is 113 cm³/mol. The molecule has 1 aliphatic heterocycles. The van der Waals surface area contributed by atoms with E-state index in [9.17, 15) is 14.0 Å². The van der Waals surface area contributed by atoms with Crippen molar-refractivity contribution in [1.29, 1.82) is 0 Å². The van der Waals surface area contributed by atoms with E-state index < -0.39 is 17.5 Å². The van der Waals surface area contributed by atoms with Crippen LogP contribution in [0.5, 0.6) is 0 Å². The fourth-order valence-electron chi connectivity index (χ4n) is 3.65. The molecule has 2 amide bonds. The summed E-state index contributed by atoms with van der Waals surface area (Å²) in [6.07, 6.45) is 4.12. The van der Waals surface area contributed by atoms with Crippen molar-refractivity contribution in [2.45, 2.75) is 71.1 Å². The molecule has 0 spiro atoms. The standard InChI is InChI=1S/C21H33FN4O4/c1-14(22)12-17-19(23-5)29-13-18(27)26(17)16-8-6-15(7-9-16)24-10-11-25-20(28)30-21(2,3)4/h12,15-16,24H,5-11,13H2,1-4H3,(H,25,28)/b14-12+/t15-,16-. The molecule has 2 N–H and O–H groups in total. The number of alkyl carbamates (subject to hydrolysis) is 1. The molecule has 9 heteroatoms. The number of amides is 2. The summed E-state index contributed by atoms with van der Waals surface area (Å²) in [5.74, 6) is -0.449. The first-order valence-corrected chi connectivity index (χ1v) is 10.3. The molecular formula is C21H33FN4O4. The first kappa shape index (κ1) is 23.9. The highest BCUT2D eigenvalue weighted by molar-refractivity contribution is 5.81. The summed E-state index contributed by atoms with van der Waals surface area (Å²) in [6.45, 7) is 11.2. The third kappa shape index (κ3) is 7.12. The minimum Gasteiger partial charge on any atom is -0.466 e. The van der Waals surface area contributed by atoms with E-state index in [4.69, 9.17) is 9.47 Å². The van der Waals surface area contributed by atoms with Gasteiger partial charge in [0.15, 0.2) is 6.61 Å². The van der Waals surface area contributed by atoms with Crippen LogP contribution in [0.25, 0.3) is 0 Å². The molecule has 30 heavy (non-hydrogen) atoms. The van der Waals surface area contributed by atoms with Gasteiger partial charge in [-0.15, -0.1) is 0 Å². The Morgan fingerprint density at radius 3 is 2.57 bits per heavy atom. The van der Waals surface area contributed by atoms with E-state index in [0.717, 1.165) is 25.7 Å². The highest BCUT2D eigenvalue weighted by atomic mass is 19.1. The Labute approximate surface area is 177 Å². The van der Waals surface area contributed by atoms with Crippen LogP contribution in [0.15, 0.2) is 28.5 Å². The highest BCUT2D eigenvalue weighted by Gasteiger charge is 2.35. The predicted octanol–water partition coefficient (Wildman–Crippen LogP) is 3.01. The molecule has 1 saturated carbocycles. The van der Waals surface area contributed by atoms with Gasteiger partial charge in [0.25, 0.3) is 5.91 Å². The fraction of sp³-hybridized carbons (Fsp3) is 0.667. The van der Waals surface area contributed by atoms with Gasteiger partial charge in [-0.25, -0.2) is 14.2 Å². The number of rotatable bonds is 7. The average molecular weight is 425 g/mol. The van der Waals surface area contributed by atoms with Crippen molar-refractivity contribution in [3.8, 4) is 0 Å². The van der Waals surface area contributed by atoms with E-state index in [1.54, 1.807) is 4.90 Å². The maximum absolute atomic E-state index is 13.6. The number of nitrogens with one attached hydrogen (secondary N) is 2. The van der Waals surface area contributed by atoms with Crippen molar-refractivity contribution in [3.63, 3.8) is 0 Å². The summed E-state index contributed by atoms with van der Waals surface area (Å²) in [4.78, 5) is 29.6. The number of aliphatic imine (C=N–C) groups is 1. The maximum Gasteiger partial charge on any atom is 0.407 e. The van der Waals surface area contributed by atoms with Gasteiger partial charge in [-0.3, -0.25) is 4.79 Å². The lowest BCUT2D eigenvalue weighted by Gasteiger charge is -2.39. The largest absolute Gasteiger partial charge is 0.466 e. The van der Waals surface area contributed by atoms with E-state index in [0.29, 0.717) is 24.8 Å². The lowest BCUT2D eigenvalue weighted by molar-refractivity contribution is -0.138. The zero-order valence-electron chi connectivity index (χ0n) is 18.3. The summed E-state index contributed by atoms with van der Waals surface area (Å²) >= 11 is 0. The molecule has 0 bridgehead atoms. The molecule has 2 aliphatic rings. The Hall–Kier alpha value is -2.42. The van der Waals surface area contributed by atoms with Crippen LogP contribution in [-0.2, 0) is 14.3 Å². The van der Waals surface area contributed by atoms with Crippen LogP contribution >= 0.6 is 0 Å². The normalized spacial score (nSPS) is 23.2. The molecule has 1 heterocycles. The Balaban J connectivity index is 1.84. The molecular weight excluding hydrogens is 391 g/mol. The van der Waals surface area contributed by atoms with E-state index >= 15 is 0 Å². The van der Waals surface area contributed by atoms with Gasteiger partial charge in [0.05, 0.1) is 5.83 Å². The summed E-state index contributed by atoms with van der Waals surface area (Å²) in [5, 5.41) is 6.15. The Morgan fingerprint density at radius 1 is 1.33 bits per heavy atom. The lowest BCUT2D eigenvalue weighted by atomic mass is 9.89. The Bertz CT molecular complexity index is 702. The third-order valence-electron chi connectivity index (χ3n) is 4.85. The smallest absolute Gasteiger partial charge is 0.407 e. The van der Waals surface area contributed by atoms with Crippen LogP contribution in [0.4, 0.5) is 9.18 Å². The van der Waals surface area contributed by atoms with Gasteiger partial charge in [-0.1, -0.05) is 0 Å². The highest BCUT2D eigenvalue weighted by Crippen LogP contribution is 2.31. The molecule has 0 atom stereocenters. The summed E-state index contributed by atoms with van der Waals surface area (Å²) in [5.41, 5.74) is -0.184. The maximum atomic E-state index is 13.6. The fourth-order valence-corrected chi connectivity index (χ4v) is 3.65. The molecule has 8 nitrogen and oxygen atoms in total. The SMILES string of the molecule is C=NC1=C(/C=C(\C)F)N([C@H]2CC[C@H](NCCNC(=O)OC(C)(C)C)CC2)C(=O)CO1. The Morgan fingerprint density at radius 2 is 2.00 bits per heavy atom. The number of hydrogen-bond acceptors (Lipinski definition) is 6. The summed E-state index contributed by atoms with van der Waals surface area (Å²) in [6, 6.07) is 0.252. The molecule has 1 fully saturated rings. The monoisotopic (exact) mass is 424 g/mol. The number of carbonyl (C=O) groups excluding carboxylic acids is 2. The molecule has 2 rings (SSSR count). The van der Waals surface area contributed by atoms with Crippen molar-refractivity contribution in [3.05, 3.63) is 23.5 Å². The van der Waals surface area contributed by atoms with Gasteiger partial charge >= 0.3 is 6.09 Å². The third-order valence-corrected chi connectivity index (χ3v) is 4.85. The summed E-state index contributed by atoms with van der Waals surface area (Å²) in [7, 11) is 0. The molecule has 1 aliphatic carbocycles. The van der Waals surface area contributed by atoms with Gasteiger partial charge in [-0.2, -0.15) is 0 Å². The molecule has 0 aromatic heterocycles. The van der Waals surface area contributed by atoms with E-state index in [2.05, 4.69) is 22.3 Å². The van der Waals surface area contributed by atoms with Crippen molar-refractivity contribution in [2.75, 3.05) is 19.7 Å². The van der Waals surface area contributed by atoms with Crippen LogP contribution in [0, 0.1) is 0 Å². The van der Waals surface area contributed by atoms with Crippen molar-refractivity contribution < 1.29 is 23.5 Å². The number of ether oxygens (including phenoxy) is 2. The van der Waals surface area contributed by atoms with Crippen LogP contribution in [0.2, 0.25) is 0 Å². The number of allylic oxidation sites excluding steroid dienone is 2. The van der Waals surface area contributed by atoms with E-state index in [1.165, 1.54) is 13.0 Å². The van der Waals surface area contributed by atoms with Crippen molar-refractivity contribution >= 4 is 18.7 Å². The van der Waals surface area contributed by atoms with Crippen LogP contribution in [-0.4, -0.2) is 61.0 Å². The molecule has 0 saturated heterocycles. The first-order chi connectivity index (χ1) is 14.1. The van der Waals surface area contributed by atoms with Gasteiger partial charge in [-0.05, 0) is 66.2 Å². The average Bonchev–Trinajstić information content (AvgIpc) is 2.64. The lowest BCUT2D eigenvalue weighted by Crippen LogP contribution is -2.48. The summed E-state index contributed by atoms with van der Waals surface area (Å²) < 4.78 is 24.1. The second kappa shape index (κ2) is 10.6. The second-order valence-electron chi connectivity index (χ2n) is 8.52. The Kier molecular flexibility index (Phi) is 8.40. The minimum absolute atomic E-state index is 0.0401. The van der Waals surface area contributed by atoms with Gasteiger partial charge in [0.1, 0.15) is 11.3 Å². The van der Waals surface area contributed by atoms with Crippen LogP contribution < -0.4 is 10.6 Å². The molecule has 168 valence electrons. The minimum atomic E-state index is -0.517. The zero-order chi connectivity index (χ0) is 22.3. The van der Waals surface area contributed by atoms with Crippen molar-refractivity contribution in [1.82, 2.24) is 15.5 Å². The van der Waals surface area contributed by atoms with Gasteiger partial charge in [0, 0.05) is 25.2 Å². The van der Waals surface area contributed by atoms with Gasteiger partial charge < -0.3 is 25.0 Å². The number of halogens is 1. The number of nitrogens with zero attached hydrogens (tertiary/aromatic N) is 2. The zero-order valence-corrected chi connectivity index (χ0v) is 18.3. The van der Waals surface area contributed by atoms with Crippen LogP contribution in [0.1, 0.15) is 53.4 Å². The first-order valence-electron chi connectivity index (χ1n) is 10.3. The second-order valence-corrected chi connectivity index (χ2v) is 8.52. The van der Waals surface area contributed by atoms with Crippen molar-refractivity contribution in [2.24, 2.45) is 4.99 Å². The van der Waals surface area contributed by atoms with Gasteiger partial charge in [0.2, 0.25) is 5.88 Å². The molecule has 0 unspecified atom stereocenters.